The minimum Gasteiger partial charge on any atom is -0.481 e. The molecule has 1 atom stereocenters. The molecule has 1 aliphatic rings. The standard InChI is InChI=1S/C15H21NO2/c17-15(18)10-9-14-8-4-5-11-16(14)12-13-6-2-1-3-7-13/h1-3,6-7,14H,4-5,8-12H2,(H,17,18)/t14-/m1/s1. The lowest BCUT2D eigenvalue weighted by Gasteiger charge is -2.35. The maximum Gasteiger partial charge on any atom is 0.303 e. The molecule has 0 bridgehead atoms. The molecule has 1 aromatic carbocycles. The van der Waals surface area contributed by atoms with Crippen molar-refractivity contribution in [3.63, 3.8) is 0 Å². The molecule has 1 heterocycles. The number of likely N-dealkylation sites (tertiary alicyclic amines) is 1. The second-order valence-electron chi connectivity index (χ2n) is 5.04. The van der Waals surface area contributed by atoms with Gasteiger partial charge in [-0.1, -0.05) is 36.8 Å². The summed E-state index contributed by atoms with van der Waals surface area (Å²) in [6.45, 7) is 2.05. The van der Waals surface area contributed by atoms with Crippen molar-refractivity contribution < 1.29 is 9.90 Å². The van der Waals surface area contributed by atoms with Gasteiger partial charge in [-0.05, 0) is 31.4 Å². The average Bonchev–Trinajstić information content (AvgIpc) is 2.39. The first kappa shape index (κ1) is 13.1. The fourth-order valence-electron chi connectivity index (χ4n) is 2.70. The fourth-order valence-corrected chi connectivity index (χ4v) is 2.70. The summed E-state index contributed by atoms with van der Waals surface area (Å²) in [6, 6.07) is 10.9. The van der Waals surface area contributed by atoms with E-state index >= 15 is 0 Å². The Balaban J connectivity index is 1.93. The quantitative estimate of drug-likeness (QED) is 0.869. The fraction of sp³-hybridized carbons (Fsp3) is 0.533. The average molecular weight is 247 g/mol. The molecular weight excluding hydrogens is 226 g/mol. The largest absolute Gasteiger partial charge is 0.481 e. The molecule has 0 unspecified atom stereocenters. The zero-order valence-corrected chi connectivity index (χ0v) is 10.7. The first-order valence-electron chi connectivity index (χ1n) is 6.75. The number of rotatable bonds is 5. The third-order valence-corrected chi connectivity index (χ3v) is 3.67. The van der Waals surface area contributed by atoms with Crippen LogP contribution in [0, 0.1) is 0 Å². The van der Waals surface area contributed by atoms with E-state index < -0.39 is 5.97 Å². The topological polar surface area (TPSA) is 40.5 Å². The van der Waals surface area contributed by atoms with Crippen molar-refractivity contribution >= 4 is 5.97 Å². The minimum absolute atomic E-state index is 0.288. The third-order valence-electron chi connectivity index (χ3n) is 3.67. The molecule has 0 radical (unpaired) electrons. The van der Waals surface area contributed by atoms with Gasteiger partial charge in [0.1, 0.15) is 0 Å². The van der Waals surface area contributed by atoms with Gasteiger partial charge < -0.3 is 5.11 Å². The summed E-state index contributed by atoms with van der Waals surface area (Å²) in [5.74, 6) is -0.680. The summed E-state index contributed by atoms with van der Waals surface area (Å²) < 4.78 is 0. The normalized spacial score (nSPS) is 20.8. The smallest absolute Gasteiger partial charge is 0.303 e. The van der Waals surface area contributed by atoms with Crippen molar-refractivity contribution in [1.82, 2.24) is 4.90 Å². The summed E-state index contributed by atoms with van der Waals surface area (Å²) in [6.07, 6.45) is 4.67. The number of hydrogen-bond acceptors (Lipinski definition) is 2. The molecule has 1 N–H and O–H groups in total. The van der Waals surface area contributed by atoms with Crippen molar-refractivity contribution in [2.45, 2.75) is 44.7 Å². The molecule has 3 heteroatoms. The van der Waals surface area contributed by atoms with Gasteiger partial charge in [0.2, 0.25) is 0 Å². The Kier molecular flexibility index (Phi) is 4.76. The van der Waals surface area contributed by atoms with Crippen LogP contribution in [0.2, 0.25) is 0 Å². The van der Waals surface area contributed by atoms with E-state index in [1.54, 1.807) is 0 Å². The summed E-state index contributed by atoms with van der Waals surface area (Å²) in [4.78, 5) is 13.1. The summed E-state index contributed by atoms with van der Waals surface area (Å²) >= 11 is 0. The lowest BCUT2D eigenvalue weighted by molar-refractivity contribution is -0.137. The van der Waals surface area contributed by atoms with Crippen LogP contribution < -0.4 is 0 Å². The van der Waals surface area contributed by atoms with Crippen molar-refractivity contribution in [3.05, 3.63) is 35.9 Å². The maximum absolute atomic E-state index is 10.7. The van der Waals surface area contributed by atoms with Gasteiger partial charge in [0.05, 0.1) is 0 Å². The monoisotopic (exact) mass is 247 g/mol. The first-order valence-corrected chi connectivity index (χ1v) is 6.75. The van der Waals surface area contributed by atoms with Crippen LogP contribution in [-0.4, -0.2) is 28.6 Å². The molecule has 3 nitrogen and oxygen atoms in total. The lowest BCUT2D eigenvalue weighted by atomic mass is 9.97. The van der Waals surface area contributed by atoms with Gasteiger partial charge in [-0.2, -0.15) is 0 Å². The van der Waals surface area contributed by atoms with Crippen LogP contribution in [0.5, 0.6) is 0 Å². The van der Waals surface area contributed by atoms with E-state index in [1.165, 1.54) is 18.4 Å². The van der Waals surface area contributed by atoms with E-state index in [0.29, 0.717) is 6.04 Å². The Hall–Kier alpha value is -1.35. The van der Waals surface area contributed by atoms with Crippen LogP contribution in [0.15, 0.2) is 30.3 Å². The van der Waals surface area contributed by atoms with Gasteiger partial charge in [0.15, 0.2) is 0 Å². The van der Waals surface area contributed by atoms with Gasteiger partial charge in [0, 0.05) is 19.0 Å². The molecule has 0 amide bonds. The van der Waals surface area contributed by atoms with Crippen LogP contribution in [0.1, 0.15) is 37.7 Å². The second kappa shape index (κ2) is 6.55. The van der Waals surface area contributed by atoms with E-state index in [1.807, 2.05) is 6.07 Å². The summed E-state index contributed by atoms with van der Waals surface area (Å²) in [5, 5.41) is 8.80. The molecule has 1 fully saturated rings. The molecule has 98 valence electrons. The van der Waals surface area contributed by atoms with Crippen molar-refractivity contribution in [3.8, 4) is 0 Å². The molecular formula is C15H21NO2. The van der Waals surface area contributed by atoms with Gasteiger partial charge in [0.25, 0.3) is 0 Å². The molecule has 1 aliphatic heterocycles. The number of nitrogens with zero attached hydrogens (tertiary/aromatic N) is 1. The first-order chi connectivity index (χ1) is 8.75. The lowest BCUT2D eigenvalue weighted by Crippen LogP contribution is -2.39. The highest BCUT2D eigenvalue weighted by atomic mass is 16.4. The predicted octanol–water partition coefficient (Wildman–Crippen LogP) is 2.91. The Morgan fingerprint density at radius 1 is 1.28 bits per heavy atom. The van der Waals surface area contributed by atoms with E-state index in [-0.39, 0.29) is 6.42 Å². The van der Waals surface area contributed by atoms with E-state index in [0.717, 1.165) is 25.9 Å². The highest BCUT2D eigenvalue weighted by molar-refractivity contribution is 5.66. The molecule has 1 aromatic rings. The summed E-state index contributed by atoms with van der Waals surface area (Å²) in [7, 11) is 0. The van der Waals surface area contributed by atoms with Crippen molar-refractivity contribution in [2.75, 3.05) is 6.54 Å². The Morgan fingerprint density at radius 3 is 2.78 bits per heavy atom. The van der Waals surface area contributed by atoms with Crippen LogP contribution in [0.3, 0.4) is 0 Å². The molecule has 2 rings (SSSR count). The SMILES string of the molecule is O=C(O)CC[C@H]1CCCCN1Cc1ccccc1. The van der Waals surface area contributed by atoms with E-state index in [4.69, 9.17) is 5.11 Å². The molecule has 1 saturated heterocycles. The molecule has 0 aliphatic carbocycles. The number of hydrogen-bond donors (Lipinski definition) is 1. The number of carboxylic acid groups (broad SMARTS) is 1. The number of carbonyl (C=O) groups is 1. The highest BCUT2D eigenvalue weighted by Gasteiger charge is 2.22. The van der Waals surface area contributed by atoms with Gasteiger partial charge >= 0.3 is 5.97 Å². The Morgan fingerprint density at radius 2 is 2.06 bits per heavy atom. The van der Waals surface area contributed by atoms with Crippen molar-refractivity contribution in [2.24, 2.45) is 0 Å². The molecule has 18 heavy (non-hydrogen) atoms. The van der Waals surface area contributed by atoms with Crippen LogP contribution >= 0.6 is 0 Å². The number of aliphatic carboxylic acids is 1. The Labute approximate surface area is 108 Å². The second-order valence-corrected chi connectivity index (χ2v) is 5.04. The molecule has 0 aromatic heterocycles. The molecule has 0 saturated carbocycles. The van der Waals surface area contributed by atoms with Gasteiger partial charge in [-0.25, -0.2) is 0 Å². The van der Waals surface area contributed by atoms with Crippen LogP contribution in [0.25, 0.3) is 0 Å². The predicted molar refractivity (Wildman–Crippen MR) is 71.4 cm³/mol. The number of benzene rings is 1. The number of piperidine rings is 1. The molecule has 0 spiro atoms. The zero-order chi connectivity index (χ0) is 12.8. The van der Waals surface area contributed by atoms with Crippen molar-refractivity contribution in [1.29, 1.82) is 0 Å². The van der Waals surface area contributed by atoms with Gasteiger partial charge in [-0.15, -0.1) is 0 Å². The minimum atomic E-state index is -0.680. The van der Waals surface area contributed by atoms with E-state index in [9.17, 15) is 4.79 Å². The van der Waals surface area contributed by atoms with Gasteiger partial charge in [-0.3, -0.25) is 9.69 Å². The number of carboxylic acids is 1. The summed E-state index contributed by atoms with van der Waals surface area (Å²) in [5.41, 5.74) is 1.32. The third kappa shape index (κ3) is 3.84. The van der Waals surface area contributed by atoms with Crippen LogP contribution in [-0.2, 0) is 11.3 Å². The highest BCUT2D eigenvalue weighted by Crippen LogP contribution is 2.22. The van der Waals surface area contributed by atoms with E-state index in [2.05, 4.69) is 29.2 Å². The zero-order valence-electron chi connectivity index (χ0n) is 10.7. The van der Waals surface area contributed by atoms with Crippen LogP contribution in [0.4, 0.5) is 0 Å². The Bertz CT molecular complexity index is 377. The maximum atomic E-state index is 10.7.